The van der Waals surface area contributed by atoms with Gasteiger partial charge in [-0.15, -0.1) is 0 Å². The van der Waals surface area contributed by atoms with Gasteiger partial charge in [-0.25, -0.2) is 15.0 Å². The molecule has 0 spiro atoms. The first-order valence-corrected chi connectivity index (χ1v) is 8.14. The average Bonchev–Trinajstić information content (AvgIpc) is 3.05. The van der Waals surface area contributed by atoms with Crippen molar-refractivity contribution in [2.24, 2.45) is 0 Å². The lowest BCUT2D eigenvalue weighted by atomic mass is 10.3. The fourth-order valence-corrected chi connectivity index (χ4v) is 2.96. The molecule has 0 atom stereocenters. The molecular weight excluding hydrogens is 360 g/mol. The molecule has 118 valence electrons. The first-order chi connectivity index (χ1) is 11.3. The minimum absolute atomic E-state index is 0.685. The number of nitrogens with one attached hydrogen (secondary N) is 1. The third-order valence-electron chi connectivity index (χ3n) is 3.69. The number of morpholine rings is 1. The summed E-state index contributed by atoms with van der Waals surface area (Å²) in [5.41, 5.74) is 1.64. The Labute approximate surface area is 141 Å². The van der Waals surface area contributed by atoms with Crippen LogP contribution in [0.2, 0.25) is 0 Å². The van der Waals surface area contributed by atoms with Gasteiger partial charge in [0.05, 0.1) is 25.1 Å². The van der Waals surface area contributed by atoms with Crippen molar-refractivity contribution in [2.45, 2.75) is 0 Å². The summed E-state index contributed by atoms with van der Waals surface area (Å²) in [7, 11) is 0. The van der Waals surface area contributed by atoms with Gasteiger partial charge in [-0.05, 0) is 28.1 Å². The second-order valence-electron chi connectivity index (χ2n) is 5.20. The Hall–Kier alpha value is -2.19. The second kappa shape index (κ2) is 6.13. The molecule has 1 aliphatic rings. The Bertz CT molecular complexity index is 812. The summed E-state index contributed by atoms with van der Waals surface area (Å²) in [5.74, 6) is 1.65. The van der Waals surface area contributed by atoms with Gasteiger partial charge < -0.3 is 19.4 Å². The van der Waals surface area contributed by atoms with Crippen LogP contribution in [0, 0.1) is 0 Å². The van der Waals surface area contributed by atoms with E-state index in [9.17, 15) is 0 Å². The van der Waals surface area contributed by atoms with E-state index >= 15 is 0 Å². The number of pyridine rings is 1. The van der Waals surface area contributed by atoms with E-state index in [1.807, 2.05) is 35.1 Å². The van der Waals surface area contributed by atoms with Gasteiger partial charge in [0.1, 0.15) is 10.4 Å². The van der Waals surface area contributed by atoms with E-state index in [1.54, 1.807) is 6.20 Å². The summed E-state index contributed by atoms with van der Waals surface area (Å²) in [6.45, 7) is 3.26. The molecule has 3 aromatic rings. The number of aromatic nitrogens is 4. The maximum absolute atomic E-state index is 5.36. The van der Waals surface area contributed by atoms with E-state index in [-0.39, 0.29) is 0 Å². The molecule has 23 heavy (non-hydrogen) atoms. The van der Waals surface area contributed by atoms with Crippen molar-refractivity contribution >= 4 is 38.9 Å². The van der Waals surface area contributed by atoms with Gasteiger partial charge >= 0.3 is 0 Å². The zero-order valence-electron chi connectivity index (χ0n) is 12.3. The summed E-state index contributed by atoms with van der Waals surface area (Å²) < 4.78 is 8.02. The number of anilines is 3. The van der Waals surface area contributed by atoms with Crippen LogP contribution in [0.4, 0.5) is 17.3 Å². The van der Waals surface area contributed by atoms with Crippen LogP contribution in [-0.2, 0) is 4.74 Å². The predicted octanol–water partition coefficient (Wildman–Crippen LogP) is 2.47. The Morgan fingerprint density at radius 2 is 2.04 bits per heavy atom. The SMILES string of the molecule is Brc1cn2ccnc2c(Nc2ccc(N3CCOCC3)nc2)n1. The van der Waals surface area contributed by atoms with Gasteiger partial charge in [-0.3, -0.25) is 0 Å². The Morgan fingerprint density at radius 3 is 2.83 bits per heavy atom. The Kier molecular flexibility index (Phi) is 3.84. The highest BCUT2D eigenvalue weighted by molar-refractivity contribution is 9.10. The van der Waals surface area contributed by atoms with E-state index in [1.165, 1.54) is 0 Å². The fraction of sp³-hybridized carbons (Fsp3) is 0.267. The van der Waals surface area contributed by atoms with Crippen LogP contribution in [0.1, 0.15) is 0 Å². The van der Waals surface area contributed by atoms with Crippen molar-refractivity contribution in [1.82, 2.24) is 19.4 Å². The van der Waals surface area contributed by atoms with Gasteiger partial charge in [0.2, 0.25) is 0 Å². The third kappa shape index (κ3) is 2.99. The molecule has 8 heteroatoms. The first kappa shape index (κ1) is 14.4. The lowest BCUT2D eigenvalue weighted by Gasteiger charge is -2.27. The van der Waals surface area contributed by atoms with Gasteiger partial charge in [-0.1, -0.05) is 0 Å². The zero-order chi connectivity index (χ0) is 15.6. The van der Waals surface area contributed by atoms with Crippen molar-refractivity contribution in [3.05, 3.63) is 41.5 Å². The van der Waals surface area contributed by atoms with Crippen molar-refractivity contribution < 1.29 is 4.74 Å². The molecule has 0 unspecified atom stereocenters. The third-order valence-corrected chi connectivity index (χ3v) is 4.07. The van der Waals surface area contributed by atoms with E-state index in [0.29, 0.717) is 5.82 Å². The minimum atomic E-state index is 0.685. The molecule has 0 aliphatic carbocycles. The number of hydrogen-bond donors (Lipinski definition) is 1. The number of imidazole rings is 1. The van der Waals surface area contributed by atoms with E-state index in [2.05, 4.69) is 41.1 Å². The van der Waals surface area contributed by atoms with Gasteiger partial charge in [0.15, 0.2) is 11.5 Å². The second-order valence-corrected chi connectivity index (χ2v) is 6.01. The molecule has 3 aromatic heterocycles. The lowest BCUT2D eigenvalue weighted by Crippen LogP contribution is -2.36. The monoisotopic (exact) mass is 374 g/mol. The largest absolute Gasteiger partial charge is 0.378 e. The molecule has 4 heterocycles. The molecule has 7 nitrogen and oxygen atoms in total. The van der Waals surface area contributed by atoms with E-state index in [0.717, 1.165) is 48.1 Å². The standard InChI is InChI=1S/C15H15BrN6O/c16-12-10-22-4-3-17-15(22)14(20-12)19-11-1-2-13(18-9-11)21-5-7-23-8-6-21/h1-4,9-10H,5-8H2,(H,19,20). The molecule has 1 N–H and O–H groups in total. The van der Waals surface area contributed by atoms with Crippen LogP contribution in [0.25, 0.3) is 5.65 Å². The molecule has 0 saturated carbocycles. The summed E-state index contributed by atoms with van der Waals surface area (Å²) in [5, 5.41) is 3.27. The summed E-state index contributed by atoms with van der Waals surface area (Å²) in [6, 6.07) is 4.01. The predicted molar refractivity (Wildman–Crippen MR) is 91.2 cm³/mol. The smallest absolute Gasteiger partial charge is 0.180 e. The maximum Gasteiger partial charge on any atom is 0.180 e. The van der Waals surface area contributed by atoms with Gasteiger partial charge in [0.25, 0.3) is 0 Å². The highest BCUT2D eigenvalue weighted by Gasteiger charge is 2.12. The molecule has 1 saturated heterocycles. The molecule has 4 rings (SSSR count). The molecule has 1 fully saturated rings. The van der Waals surface area contributed by atoms with Crippen LogP contribution in [0.3, 0.4) is 0 Å². The van der Waals surface area contributed by atoms with Crippen molar-refractivity contribution in [3.8, 4) is 0 Å². The van der Waals surface area contributed by atoms with E-state index in [4.69, 9.17) is 4.74 Å². The van der Waals surface area contributed by atoms with Crippen LogP contribution < -0.4 is 10.2 Å². The van der Waals surface area contributed by atoms with Gasteiger partial charge in [-0.2, -0.15) is 0 Å². The topological polar surface area (TPSA) is 67.6 Å². The normalized spacial score (nSPS) is 15.1. The summed E-state index contributed by atoms with van der Waals surface area (Å²) in [6.07, 6.45) is 7.31. The zero-order valence-corrected chi connectivity index (χ0v) is 13.9. The van der Waals surface area contributed by atoms with Crippen LogP contribution in [-0.4, -0.2) is 45.7 Å². The maximum atomic E-state index is 5.36. The molecule has 0 aromatic carbocycles. The highest BCUT2D eigenvalue weighted by atomic mass is 79.9. The average molecular weight is 375 g/mol. The lowest BCUT2D eigenvalue weighted by molar-refractivity contribution is 0.122. The van der Waals surface area contributed by atoms with Crippen LogP contribution >= 0.6 is 15.9 Å². The number of fused-ring (bicyclic) bond motifs is 1. The van der Waals surface area contributed by atoms with Crippen LogP contribution in [0.15, 0.2) is 41.5 Å². The Morgan fingerprint density at radius 1 is 1.17 bits per heavy atom. The van der Waals surface area contributed by atoms with Crippen molar-refractivity contribution in [1.29, 1.82) is 0 Å². The van der Waals surface area contributed by atoms with E-state index < -0.39 is 0 Å². The van der Waals surface area contributed by atoms with Crippen LogP contribution in [0.5, 0.6) is 0 Å². The number of nitrogens with zero attached hydrogens (tertiary/aromatic N) is 5. The Balaban J connectivity index is 1.57. The van der Waals surface area contributed by atoms with Gasteiger partial charge in [0, 0.05) is 31.7 Å². The number of halogens is 1. The molecular formula is C15H15BrN6O. The summed E-state index contributed by atoms with van der Waals surface area (Å²) >= 11 is 3.41. The van der Waals surface area contributed by atoms with Crippen molar-refractivity contribution in [3.63, 3.8) is 0 Å². The molecule has 0 amide bonds. The number of hydrogen-bond acceptors (Lipinski definition) is 6. The molecule has 0 radical (unpaired) electrons. The number of rotatable bonds is 3. The quantitative estimate of drug-likeness (QED) is 0.759. The fourth-order valence-electron chi connectivity index (χ4n) is 2.56. The molecule has 0 bridgehead atoms. The minimum Gasteiger partial charge on any atom is -0.378 e. The highest BCUT2D eigenvalue weighted by Crippen LogP contribution is 2.22. The van der Waals surface area contributed by atoms with Crippen molar-refractivity contribution in [2.75, 3.05) is 36.5 Å². The first-order valence-electron chi connectivity index (χ1n) is 7.34. The number of ether oxygens (including phenoxy) is 1. The summed E-state index contributed by atoms with van der Waals surface area (Å²) in [4.78, 5) is 15.5. The molecule has 1 aliphatic heterocycles.